The molecule has 1 aromatic heterocycles. The Kier molecular flexibility index (Phi) is 3.32. The summed E-state index contributed by atoms with van der Waals surface area (Å²) in [5.41, 5.74) is 1.13. The second kappa shape index (κ2) is 5.10. The Bertz CT molecular complexity index is 396. The van der Waals surface area contributed by atoms with Crippen molar-refractivity contribution in [3.05, 3.63) is 18.0 Å². The van der Waals surface area contributed by atoms with Gasteiger partial charge >= 0.3 is 0 Å². The molecule has 0 atom stereocenters. The van der Waals surface area contributed by atoms with Gasteiger partial charge in [0.15, 0.2) is 0 Å². The van der Waals surface area contributed by atoms with Gasteiger partial charge in [0.1, 0.15) is 6.26 Å². The Hall–Kier alpha value is -1.36. The molecule has 5 nitrogen and oxygen atoms in total. The highest BCUT2D eigenvalue weighted by atomic mass is 16.5. The Morgan fingerprint density at radius 3 is 2.78 bits per heavy atom. The van der Waals surface area contributed by atoms with Crippen LogP contribution in [0.3, 0.4) is 0 Å². The van der Waals surface area contributed by atoms with E-state index in [9.17, 15) is 4.79 Å². The molecule has 1 aromatic rings. The van der Waals surface area contributed by atoms with Crippen LogP contribution in [0.4, 0.5) is 0 Å². The van der Waals surface area contributed by atoms with Crippen molar-refractivity contribution in [1.29, 1.82) is 0 Å². The lowest BCUT2D eigenvalue weighted by Crippen LogP contribution is -2.45. The maximum Gasteiger partial charge on any atom is 0.222 e. The number of likely N-dealkylation sites (tertiary alicyclic amines) is 2. The van der Waals surface area contributed by atoms with Crippen molar-refractivity contribution < 1.29 is 9.32 Å². The number of hydrogen-bond donors (Lipinski definition) is 0. The van der Waals surface area contributed by atoms with E-state index in [0.29, 0.717) is 11.9 Å². The molecule has 0 bridgehead atoms. The number of carbonyl (C=O) groups excluding carboxylic acids is 1. The van der Waals surface area contributed by atoms with E-state index in [0.717, 1.165) is 57.4 Å². The van der Waals surface area contributed by atoms with Gasteiger partial charge in [-0.3, -0.25) is 9.69 Å². The fraction of sp³-hybridized carbons (Fsp3) is 0.692. The summed E-state index contributed by atoms with van der Waals surface area (Å²) in [7, 11) is 0. The van der Waals surface area contributed by atoms with Crippen molar-refractivity contribution in [2.45, 2.75) is 38.3 Å². The summed E-state index contributed by atoms with van der Waals surface area (Å²) in [6, 6.07) is 0.471. The second-order valence-electron chi connectivity index (χ2n) is 5.23. The van der Waals surface area contributed by atoms with Crippen LogP contribution in [0.15, 0.2) is 17.0 Å². The van der Waals surface area contributed by atoms with Gasteiger partial charge in [-0.05, 0) is 19.3 Å². The quantitative estimate of drug-likeness (QED) is 0.809. The minimum atomic E-state index is 0.354. The molecule has 0 aromatic carbocycles. The maximum atomic E-state index is 11.7. The first kappa shape index (κ1) is 11.7. The molecule has 98 valence electrons. The number of hydrogen-bond acceptors (Lipinski definition) is 4. The summed E-state index contributed by atoms with van der Waals surface area (Å²) in [5.74, 6) is 0.354. The summed E-state index contributed by atoms with van der Waals surface area (Å²) in [6.07, 6.45) is 7.46. The monoisotopic (exact) mass is 249 g/mol. The minimum absolute atomic E-state index is 0.354. The molecule has 0 aliphatic carbocycles. The highest BCUT2D eigenvalue weighted by Gasteiger charge is 2.30. The molecule has 0 unspecified atom stereocenters. The lowest BCUT2D eigenvalue weighted by molar-refractivity contribution is -0.130. The van der Waals surface area contributed by atoms with Crippen molar-refractivity contribution in [3.8, 4) is 0 Å². The zero-order valence-electron chi connectivity index (χ0n) is 10.5. The SMILES string of the molecule is O=C1CCCN1C1CCN(Cc2cnoc2)CC1. The fourth-order valence-corrected chi connectivity index (χ4v) is 3.01. The van der Waals surface area contributed by atoms with Gasteiger partial charge in [0, 0.05) is 44.2 Å². The van der Waals surface area contributed by atoms with Crippen LogP contribution in [0.25, 0.3) is 0 Å². The van der Waals surface area contributed by atoms with Crippen LogP contribution in [-0.4, -0.2) is 46.5 Å². The van der Waals surface area contributed by atoms with Gasteiger partial charge in [0.25, 0.3) is 0 Å². The summed E-state index contributed by atoms with van der Waals surface area (Å²) in [6.45, 7) is 3.98. The lowest BCUT2D eigenvalue weighted by Gasteiger charge is -2.36. The third-order valence-corrected chi connectivity index (χ3v) is 4.00. The number of aromatic nitrogens is 1. The molecule has 3 rings (SSSR count). The van der Waals surface area contributed by atoms with Crippen molar-refractivity contribution in [2.24, 2.45) is 0 Å². The van der Waals surface area contributed by atoms with Crippen LogP contribution in [0.5, 0.6) is 0 Å². The molecule has 18 heavy (non-hydrogen) atoms. The standard InChI is InChI=1S/C13H19N3O2/c17-13-2-1-5-16(13)12-3-6-15(7-4-12)9-11-8-14-18-10-11/h8,10,12H,1-7,9H2. The molecule has 0 saturated carbocycles. The molecule has 3 heterocycles. The van der Waals surface area contributed by atoms with E-state index in [1.165, 1.54) is 0 Å². The van der Waals surface area contributed by atoms with Gasteiger partial charge in [-0.2, -0.15) is 0 Å². The van der Waals surface area contributed by atoms with Crippen molar-refractivity contribution in [3.63, 3.8) is 0 Å². The number of rotatable bonds is 3. The zero-order chi connectivity index (χ0) is 12.4. The highest BCUT2D eigenvalue weighted by Crippen LogP contribution is 2.22. The fourth-order valence-electron chi connectivity index (χ4n) is 3.01. The van der Waals surface area contributed by atoms with Gasteiger partial charge in [-0.15, -0.1) is 0 Å². The largest absolute Gasteiger partial charge is 0.364 e. The normalized spacial score (nSPS) is 22.9. The van der Waals surface area contributed by atoms with Crippen LogP contribution in [0, 0.1) is 0 Å². The van der Waals surface area contributed by atoms with E-state index < -0.39 is 0 Å². The molecular weight excluding hydrogens is 230 g/mol. The van der Waals surface area contributed by atoms with Crippen molar-refractivity contribution in [2.75, 3.05) is 19.6 Å². The first-order chi connectivity index (χ1) is 8.83. The summed E-state index contributed by atoms with van der Waals surface area (Å²) >= 11 is 0. The molecule has 0 N–H and O–H groups in total. The summed E-state index contributed by atoms with van der Waals surface area (Å²) < 4.78 is 4.84. The Morgan fingerprint density at radius 2 is 2.17 bits per heavy atom. The van der Waals surface area contributed by atoms with Gasteiger partial charge < -0.3 is 9.42 Å². The van der Waals surface area contributed by atoms with E-state index in [1.54, 1.807) is 12.5 Å². The van der Waals surface area contributed by atoms with Gasteiger partial charge in [0.2, 0.25) is 5.91 Å². The predicted octanol–water partition coefficient (Wildman–Crippen LogP) is 1.26. The minimum Gasteiger partial charge on any atom is -0.364 e. The van der Waals surface area contributed by atoms with E-state index >= 15 is 0 Å². The Morgan fingerprint density at radius 1 is 1.33 bits per heavy atom. The number of carbonyl (C=O) groups is 1. The number of amides is 1. The first-order valence-corrected chi connectivity index (χ1v) is 6.73. The van der Waals surface area contributed by atoms with Gasteiger partial charge in [-0.25, -0.2) is 0 Å². The van der Waals surface area contributed by atoms with E-state index in [-0.39, 0.29) is 0 Å². The highest BCUT2D eigenvalue weighted by molar-refractivity contribution is 5.78. The van der Waals surface area contributed by atoms with E-state index in [1.807, 2.05) is 0 Å². The van der Waals surface area contributed by atoms with Crippen LogP contribution >= 0.6 is 0 Å². The third-order valence-electron chi connectivity index (χ3n) is 4.00. The molecule has 2 saturated heterocycles. The molecular formula is C13H19N3O2. The molecule has 1 amide bonds. The van der Waals surface area contributed by atoms with Crippen LogP contribution in [0.1, 0.15) is 31.2 Å². The number of piperidine rings is 1. The Balaban J connectivity index is 1.50. The van der Waals surface area contributed by atoms with Gasteiger partial charge in [0.05, 0.1) is 6.20 Å². The summed E-state index contributed by atoms with van der Waals surface area (Å²) in [4.78, 5) is 16.2. The van der Waals surface area contributed by atoms with Crippen molar-refractivity contribution >= 4 is 5.91 Å². The van der Waals surface area contributed by atoms with Gasteiger partial charge in [-0.1, -0.05) is 5.16 Å². The average Bonchev–Trinajstić information content (AvgIpc) is 3.02. The molecule has 5 heteroatoms. The maximum absolute atomic E-state index is 11.7. The lowest BCUT2D eigenvalue weighted by atomic mass is 10.0. The third kappa shape index (κ3) is 2.41. The topological polar surface area (TPSA) is 49.6 Å². The van der Waals surface area contributed by atoms with E-state index in [4.69, 9.17) is 4.52 Å². The predicted molar refractivity (Wildman–Crippen MR) is 65.7 cm³/mol. The smallest absolute Gasteiger partial charge is 0.222 e. The molecule has 0 spiro atoms. The summed E-state index contributed by atoms with van der Waals surface area (Å²) in [5, 5.41) is 3.72. The average molecular weight is 249 g/mol. The van der Waals surface area contributed by atoms with Crippen LogP contribution in [-0.2, 0) is 11.3 Å². The first-order valence-electron chi connectivity index (χ1n) is 6.73. The molecule has 2 aliphatic heterocycles. The second-order valence-corrected chi connectivity index (χ2v) is 5.23. The zero-order valence-corrected chi connectivity index (χ0v) is 10.5. The van der Waals surface area contributed by atoms with E-state index in [2.05, 4.69) is 15.0 Å². The molecule has 0 radical (unpaired) electrons. The Labute approximate surface area is 107 Å². The molecule has 2 aliphatic rings. The molecule has 2 fully saturated rings. The van der Waals surface area contributed by atoms with Crippen molar-refractivity contribution in [1.82, 2.24) is 15.0 Å². The van der Waals surface area contributed by atoms with Crippen LogP contribution < -0.4 is 0 Å². The van der Waals surface area contributed by atoms with Crippen LogP contribution in [0.2, 0.25) is 0 Å². The number of nitrogens with zero attached hydrogens (tertiary/aromatic N) is 3.